The van der Waals surface area contributed by atoms with Crippen LogP contribution in [0.3, 0.4) is 0 Å². The molecule has 3 rings (SSSR count). The first-order chi connectivity index (χ1) is 8.50. The van der Waals surface area contributed by atoms with E-state index in [9.17, 15) is 9.90 Å². The van der Waals surface area contributed by atoms with Crippen LogP contribution in [0.15, 0.2) is 23.8 Å². The zero-order valence-electron chi connectivity index (χ0n) is 10.9. The SMILES string of the molecule is C=C1CC[C@@H]2[C@H](OC(=O)[C@@H]2C)[C@H]2C(C)=C[C@@H](O)[C@@H]12. The van der Waals surface area contributed by atoms with E-state index in [4.69, 9.17) is 4.74 Å². The van der Waals surface area contributed by atoms with Crippen LogP contribution in [0.1, 0.15) is 26.7 Å². The number of carbonyl (C=O) groups excluding carboxylic acids is 1. The third-order valence-electron chi connectivity index (χ3n) is 5.03. The van der Waals surface area contributed by atoms with E-state index >= 15 is 0 Å². The van der Waals surface area contributed by atoms with E-state index in [1.165, 1.54) is 0 Å². The van der Waals surface area contributed by atoms with Gasteiger partial charge in [0.2, 0.25) is 0 Å². The summed E-state index contributed by atoms with van der Waals surface area (Å²) in [6.07, 6.45) is 3.21. The number of hydrogen-bond acceptors (Lipinski definition) is 3. The zero-order valence-corrected chi connectivity index (χ0v) is 10.9. The fourth-order valence-electron chi connectivity index (χ4n) is 4.00. The molecule has 1 saturated heterocycles. The van der Waals surface area contributed by atoms with E-state index in [0.717, 1.165) is 24.0 Å². The maximum Gasteiger partial charge on any atom is 0.309 e. The molecule has 0 amide bonds. The molecule has 2 aliphatic carbocycles. The molecule has 0 aromatic rings. The van der Waals surface area contributed by atoms with Gasteiger partial charge in [-0.3, -0.25) is 4.79 Å². The van der Waals surface area contributed by atoms with Crippen LogP contribution in [0.4, 0.5) is 0 Å². The molecule has 1 heterocycles. The van der Waals surface area contributed by atoms with Crippen LogP contribution in [-0.2, 0) is 9.53 Å². The average Bonchev–Trinajstić information content (AvgIpc) is 2.68. The number of carbonyl (C=O) groups is 1. The number of aliphatic hydroxyl groups is 1. The lowest BCUT2D eigenvalue weighted by Crippen LogP contribution is -2.33. The number of esters is 1. The van der Waals surface area contributed by atoms with Gasteiger partial charge in [0.05, 0.1) is 12.0 Å². The summed E-state index contributed by atoms with van der Waals surface area (Å²) in [4.78, 5) is 11.8. The maximum absolute atomic E-state index is 11.8. The van der Waals surface area contributed by atoms with Gasteiger partial charge in [-0.2, -0.15) is 0 Å². The summed E-state index contributed by atoms with van der Waals surface area (Å²) in [7, 11) is 0. The molecule has 0 aromatic carbocycles. The van der Waals surface area contributed by atoms with Gasteiger partial charge in [-0.15, -0.1) is 0 Å². The van der Waals surface area contributed by atoms with Gasteiger partial charge in [0.1, 0.15) is 6.10 Å². The van der Waals surface area contributed by atoms with Crippen LogP contribution in [0.5, 0.6) is 0 Å². The summed E-state index contributed by atoms with van der Waals surface area (Å²) in [6.45, 7) is 8.13. The molecule has 0 unspecified atom stereocenters. The molecule has 1 N–H and O–H groups in total. The van der Waals surface area contributed by atoms with Crippen LogP contribution in [-0.4, -0.2) is 23.3 Å². The Balaban J connectivity index is 2.00. The van der Waals surface area contributed by atoms with Gasteiger partial charge in [-0.05, 0) is 19.8 Å². The van der Waals surface area contributed by atoms with Crippen LogP contribution >= 0.6 is 0 Å². The summed E-state index contributed by atoms with van der Waals surface area (Å²) >= 11 is 0. The van der Waals surface area contributed by atoms with E-state index < -0.39 is 6.10 Å². The fraction of sp³-hybridized carbons (Fsp3) is 0.667. The van der Waals surface area contributed by atoms with Gasteiger partial charge in [0.15, 0.2) is 0 Å². The Morgan fingerprint density at radius 1 is 1.44 bits per heavy atom. The van der Waals surface area contributed by atoms with E-state index in [-0.39, 0.29) is 35.7 Å². The summed E-state index contributed by atoms with van der Waals surface area (Å²) < 4.78 is 5.61. The van der Waals surface area contributed by atoms with Crippen molar-refractivity contribution < 1.29 is 14.6 Å². The topological polar surface area (TPSA) is 46.5 Å². The number of ether oxygens (including phenoxy) is 1. The van der Waals surface area contributed by atoms with Crippen LogP contribution < -0.4 is 0 Å². The number of aliphatic hydroxyl groups excluding tert-OH is 1. The lowest BCUT2D eigenvalue weighted by Gasteiger charge is -2.28. The molecule has 0 aromatic heterocycles. The molecule has 1 saturated carbocycles. The third kappa shape index (κ3) is 1.50. The van der Waals surface area contributed by atoms with Crippen molar-refractivity contribution >= 4 is 5.97 Å². The van der Waals surface area contributed by atoms with Gasteiger partial charge in [-0.25, -0.2) is 0 Å². The molecule has 0 bridgehead atoms. The third-order valence-corrected chi connectivity index (χ3v) is 5.03. The van der Waals surface area contributed by atoms with E-state index in [1.54, 1.807) is 0 Å². The Morgan fingerprint density at radius 3 is 2.89 bits per heavy atom. The smallest absolute Gasteiger partial charge is 0.309 e. The van der Waals surface area contributed by atoms with Crippen molar-refractivity contribution in [1.29, 1.82) is 0 Å². The van der Waals surface area contributed by atoms with Gasteiger partial charge in [-0.1, -0.05) is 30.7 Å². The molecule has 3 aliphatic rings. The standard InChI is InChI=1S/C15H20O3/c1-7-4-5-10-9(3)15(17)18-14(10)13-8(2)6-11(16)12(7)13/h6,9-14,16H,1,4-5H2,2-3H3/t9-,10+,11-,12-,13+,14+/m1/s1. The molecular formula is C15H20O3. The van der Waals surface area contributed by atoms with Crippen molar-refractivity contribution in [2.75, 3.05) is 0 Å². The van der Waals surface area contributed by atoms with E-state index in [1.807, 2.05) is 19.9 Å². The maximum atomic E-state index is 11.8. The van der Waals surface area contributed by atoms with Crippen molar-refractivity contribution in [2.45, 2.75) is 38.9 Å². The quantitative estimate of drug-likeness (QED) is 0.527. The Labute approximate surface area is 108 Å². The van der Waals surface area contributed by atoms with Crippen molar-refractivity contribution in [2.24, 2.45) is 23.7 Å². The molecule has 3 heteroatoms. The second kappa shape index (κ2) is 3.95. The monoisotopic (exact) mass is 248 g/mol. The first-order valence-corrected chi connectivity index (χ1v) is 6.75. The van der Waals surface area contributed by atoms with Crippen LogP contribution in [0.25, 0.3) is 0 Å². The molecule has 98 valence electrons. The highest BCUT2D eigenvalue weighted by Gasteiger charge is 2.53. The highest BCUT2D eigenvalue weighted by molar-refractivity contribution is 5.75. The van der Waals surface area contributed by atoms with Gasteiger partial charge < -0.3 is 9.84 Å². The molecular weight excluding hydrogens is 228 g/mol. The Morgan fingerprint density at radius 2 is 2.17 bits per heavy atom. The van der Waals surface area contributed by atoms with Gasteiger partial charge in [0.25, 0.3) is 0 Å². The predicted octanol–water partition coefficient (Wildman–Crippen LogP) is 2.07. The van der Waals surface area contributed by atoms with Crippen molar-refractivity contribution in [3.05, 3.63) is 23.8 Å². The number of rotatable bonds is 0. The first-order valence-electron chi connectivity index (χ1n) is 6.75. The van der Waals surface area contributed by atoms with Gasteiger partial charge >= 0.3 is 5.97 Å². The normalized spacial score (nSPS) is 47.2. The van der Waals surface area contributed by atoms with E-state index in [2.05, 4.69) is 6.58 Å². The highest BCUT2D eigenvalue weighted by Crippen LogP contribution is 2.50. The molecule has 0 radical (unpaired) electrons. The molecule has 6 atom stereocenters. The molecule has 0 spiro atoms. The Bertz CT molecular complexity index is 437. The fourth-order valence-corrected chi connectivity index (χ4v) is 4.00. The minimum absolute atomic E-state index is 0.0212. The largest absolute Gasteiger partial charge is 0.461 e. The summed E-state index contributed by atoms with van der Waals surface area (Å²) in [5, 5.41) is 10.2. The van der Waals surface area contributed by atoms with Crippen molar-refractivity contribution in [3.8, 4) is 0 Å². The molecule has 3 nitrogen and oxygen atoms in total. The van der Waals surface area contributed by atoms with Gasteiger partial charge in [0, 0.05) is 17.8 Å². The summed E-state index contributed by atoms with van der Waals surface area (Å²) in [5.74, 6) is 0.349. The predicted molar refractivity (Wildman–Crippen MR) is 67.7 cm³/mol. The number of fused-ring (bicyclic) bond motifs is 3. The second-order valence-corrected chi connectivity index (χ2v) is 6.00. The molecule has 1 aliphatic heterocycles. The minimum Gasteiger partial charge on any atom is -0.461 e. The molecule has 18 heavy (non-hydrogen) atoms. The first kappa shape index (κ1) is 12.0. The second-order valence-electron chi connectivity index (χ2n) is 6.00. The summed E-state index contributed by atoms with van der Waals surface area (Å²) in [5.41, 5.74) is 2.26. The molecule has 2 fully saturated rings. The number of hydrogen-bond donors (Lipinski definition) is 1. The van der Waals surface area contributed by atoms with Crippen molar-refractivity contribution in [1.82, 2.24) is 0 Å². The Hall–Kier alpha value is -1.09. The highest BCUT2D eigenvalue weighted by atomic mass is 16.6. The lowest BCUT2D eigenvalue weighted by molar-refractivity contribution is -0.145. The lowest BCUT2D eigenvalue weighted by atomic mass is 9.79. The van der Waals surface area contributed by atoms with Crippen LogP contribution in [0, 0.1) is 23.7 Å². The average molecular weight is 248 g/mol. The Kier molecular flexibility index (Phi) is 2.63. The minimum atomic E-state index is -0.462. The van der Waals surface area contributed by atoms with E-state index in [0.29, 0.717) is 0 Å². The van der Waals surface area contributed by atoms with Crippen LogP contribution in [0.2, 0.25) is 0 Å². The zero-order chi connectivity index (χ0) is 13.0. The summed E-state index contributed by atoms with van der Waals surface area (Å²) in [6, 6.07) is 0. The van der Waals surface area contributed by atoms with Crippen molar-refractivity contribution in [3.63, 3.8) is 0 Å².